The van der Waals surface area contributed by atoms with E-state index >= 15 is 0 Å². The van der Waals surface area contributed by atoms with Crippen LogP contribution in [-0.2, 0) is 6.42 Å². The van der Waals surface area contributed by atoms with Crippen molar-refractivity contribution >= 4 is 0 Å². The molecule has 1 aromatic rings. The molecule has 3 aliphatic rings. The highest BCUT2D eigenvalue weighted by molar-refractivity contribution is 5.51. The van der Waals surface area contributed by atoms with E-state index in [1.807, 2.05) is 0 Å². The highest BCUT2D eigenvalue weighted by Gasteiger charge is 2.20. The van der Waals surface area contributed by atoms with Gasteiger partial charge in [-0.25, -0.2) is 0 Å². The predicted molar refractivity (Wildman–Crippen MR) is 151 cm³/mol. The molecule has 0 radical (unpaired) electrons. The van der Waals surface area contributed by atoms with E-state index < -0.39 is 0 Å². The Hall–Kier alpha value is -2.34. The molecule has 0 N–H and O–H groups in total. The van der Waals surface area contributed by atoms with Crippen LogP contribution >= 0.6 is 0 Å². The Morgan fingerprint density at radius 2 is 1.21 bits per heavy atom. The third-order valence-electron chi connectivity index (χ3n) is 7.34. The average Bonchev–Trinajstić information content (AvgIpc) is 2.89. The van der Waals surface area contributed by atoms with E-state index in [1.165, 1.54) is 68.9 Å². The molecular formula is C34H46. The quantitative estimate of drug-likeness (QED) is 0.384. The molecule has 182 valence electrons. The number of allylic oxidation sites excluding steroid dienone is 12. The molecule has 0 heteroatoms. The van der Waals surface area contributed by atoms with Gasteiger partial charge in [-0.3, -0.25) is 0 Å². The Kier molecular flexibility index (Phi) is 10.4. The van der Waals surface area contributed by atoms with Crippen LogP contribution in [0.1, 0.15) is 103 Å². The SMILES string of the molecule is CCC.CCC1=CC=C(C2=C(CC)C=C(C3=CC=C(CCc4ccc(C)cc4)CC3)CC2)CC1. The summed E-state index contributed by atoms with van der Waals surface area (Å²) < 4.78 is 0. The van der Waals surface area contributed by atoms with Gasteiger partial charge in [0.1, 0.15) is 0 Å². The maximum absolute atomic E-state index is 2.54. The van der Waals surface area contributed by atoms with Crippen LogP contribution in [0.25, 0.3) is 0 Å². The van der Waals surface area contributed by atoms with Crippen molar-refractivity contribution in [1.29, 1.82) is 0 Å². The van der Waals surface area contributed by atoms with Gasteiger partial charge in [0.05, 0.1) is 0 Å². The summed E-state index contributed by atoms with van der Waals surface area (Å²) in [5.74, 6) is 0. The Bertz CT molecular complexity index is 999. The zero-order chi connectivity index (χ0) is 24.3. The second kappa shape index (κ2) is 13.5. The fourth-order valence-corrected chi connectivity index (χ4v) is 5.17. The van der Waals surface area contributed by atoms with Crippen molar-refractivity contribution in [2.75, 3.05) is 0 Å². The van der Waals surface area contributed by atoms with Crippen LogP contribution in [-0.4, -0.2) is 0 Å². The second-order valence-corrected chi connectivity index (χ2v) is 10.1. The third kappa shape index (κ3) is 7.33. The van der Waals surface area contributed by atoms with E-state index in [2.05, 4.69) is 89.3 Å². The minimum absolute atomic E-state index is 1.14. The van der Waals surface area contributed by atoms with Gasteiger partial charge in [-0.05, 0) is 105 Å². The molecule has 0 aromatic heterocycles. The Morgan fingerprint density at radius 3 is 1.79 bits per heavy atom. The molecule has 3 aliphatic carbocycles. The highest BCUT2D eigenvalue weighted by Crippen LogP contribution is 2.39. The number of hydrogen-bond donors (Lipinski definition) is 0. The average molecular weight is 455 g/mol. The standard InChI is InChI=1S/C31H38.C3H8/c1-4-24-12-18-29(19-13-24)31-21-20-30(22-27(31)5-2)28-16-14-26(15-17-28)11-10-25-8-6-23(3)7-9-25;1-3-2/h6-9,12,14,16,18,22H,4-5,10-11,13,15,17,19-21H2,1-3H3;3H2,1-2H3. The van der Waals surface area contributed by atoms with E-state index in [4.69, 9.17) is 0 Å². The largest absolute Gasteiger partial charge is 0.0701 e. The minimum Gasteiger partial charge on any atom is -0.0701 e. The third-order valence-corrected chi connectivity index (χ3v) is 7.34. The van der Waals surface area contributed by atoms with Crippen molar-refractivity contribution in [3.63, 3.8) is 0 Å². The summed E-state index contributed by atoms with van der Waals surface area (Å²) in [5.41, 5.74) is 14.0. The zero-order valence-electron chi connectivity index (χ0n) is 22.5. The number of aryl methyl sites for hydroxylation is 2. The van der Waals surface area contributed by atoms with Gasteiger partial charge in [-0.2, -0.15) is 0 Å². The van der Waals surface area contributed by atoms with E-state index in [-0.39, 0.29) is 0 Å². The van der Waals surface area contributed by atoms with Crippen molar-refractivity contribution in [1.82, 2.24) is 0 Å². The smallest absolute Gasteiger partial charge is 0.0233 e. The van der Waals surface area contributed by atoms with Crippen LogP contribution in [0.4, 0.5) is 0 Å². The fraction of sp³-hybridized carbons (Fsp3) is 0.471. The molecule has 34 heavy (non-hydrogen) atoms. The maximum Gasteiger partial charge on any atom is -0.0233 e. The number of rotatable bonds is 7. The van der Waals surface area contributed by atoms with Crippen LogP contribution in [0.5, 0.6) is 0 Å². The first-order valence-corrected chi connectivity index (χ1v) is 13.8. The van der Waals surface area contributed by atoms with Gasteiger partial charge < -0.3 is 0 Å². The predicted octanol–water partition coefficient (Wildman–Crippen LogP) is 10.5. The summed E-state index contributed by atoms with van der Waals surface area (Å²) in [6.07, 6.45) is 25.5. The molecule has 1 aromatic carbocycles. The molecule has 4 rings (SSSR count). The van der Waals surface area contributed by atoms with Gasteiger partial charge >= 0.3 is 0 Å². The van der Waals surface area contributed by atoms with Gasteiger partial charge in [0, 0.05) is 0 Å². The molecule has 0 amide bonds. The molecule has 0 bridgehead atoms. The minimum atomic E-state index is 1.14. The molecule has 0 saturated carbocycles. The van der Waals surface area contributed by atoms with Crippen LogP contribution in [0.2, 0.25) is 0 Å². The van der Waals surface area contributed by atoms with Crippen molar-refractivity contribution in [2.24, 2.45) is 0 Å². The van der Waals surface area contributed by atoms with Crippen molar-refractivity contribution in [2.45, 2.75) is 105 Å². The summed E-state index contributed by atoms with van der Waals surface area (Å²) >= 11 is 0. The van der Waals surface area contributed by atoms with Gasteiger partial charge in [-0.1, -0.05) is 105 Å². The molecule has 0 saturated heterocycles. The van der Waals surface area contributed by atoms with Gasteiger partial charge in [0.25, 0.3) is 0 Å². The molecule has 0 heterocycles. The highest BCUT2D eigenvalue weighted by atomic mass is 14.2. The summed E-state index contributed by atoms with van der Waals surface area (Å²) in [7, 11) is 0. The van der Waals surface area contributed by atoms with Gasteiger partial charge in [0.2, 0.25) is 0 Å². The van der Waals surface area contributed by atoms with E-state index in [0.29, 0.717) is 0 Å². The van der Waals surface area contributed by atoms with Crippen molar-refractivity contribution in [3.8, 4) is 0 Å². The molecular weight excluding hydrogens is 408 g/mol. The van der Waals surface area contributed by atoms with Gasteiger partial charge in [0.15, 0.2) is 0 Å². The van der Waals surface area contributed by atoms with Crippen LogP contribution < -0.4 is 0 Å². The molecule has 0 unspecified atom stereocenters. The zero-order valence-corrected chi connectivity index (χ0v) is 22.5. The monoisotopic (exact) mass is 454 g/mol. The lowest BCUT2D eigenvalue weighted by molar-refractivity contribution is 0.785. The van der Waals surface area contributed by atoms with E-state index in [1.54, 1.807) is 39.0 Å². The Labute approximate surface area is 210 Å². The normalized spacial score (nSPS) is 18.2. The molecule has 0 nitrogen and oxygen atoms in total. The van der Waals surface area contributed by atoms with Crippen LogP contribution in [0.3, 0.4) is 0 Å². The van der Waals surface area contributed by atoms with Gasteiger partial charge in [-0.15, -0.1) is 0 Å². The molecule has 0 aliphatic heterocycles. The summed E-state index contributed by atoms with van der Waals surface area (Å²) in [6.45, 7) is 11.0. The first kappa shape index (κ1) is 26.3. The number of benzene rings is 1. The van der Waals surface area contributed by atoms with E-state index in [9.17, 15) is 0 Å². The van der Waals surface area contributed by atoms with Crippen LogP contribution in [0, 0.1) is 6.92 Å². The summed E-state index contributed by atoms with van der Waals surface area (Å²) in [4.78, 5) is 0. The van der Waals surface area contributed by atoms with Crippen molar-refractivity contribution in [3.05, 3.63) is 105 Å². The summed E-state index contributed by atoms with van der Waals surface area (Å²) in [6, 6.07) is 9.02. The second-order valence-electron chi connectivity index (χ2n) is 10.1. The maximum atomic E-state index is 2.54. The molecule has 0 fully saturated rings. The lowest BCUT2D eigenvalue weighted by atomic mass is 9.79. The summed E-state index contributed by atoms with van der Waals surface area (Å²) in [5, 5.41) is 0. The Balaban J connectivity index is 0.00000103. The lowest BCUT2D eigenvalue weighted by Gasteiger charge is -2.26. The molecule has 0 atom stereocenters. The first-order valence-electron chi connectivity index (χ1n) is 13.8. The van der Waals surface area contributed by atoms with Crippen LogP contribution in [0.15, 0.2) is 93.7 Å². The number of hydrogen-bond acceptors (Lipinski definition) is 0. The molecule has 0 spiro atoms. The Morgan fingerprint density at radius 1 is 0.588 bits per heavy atom. The lowest BCUT2D eigenvalue weighted by Crippen LogP contribution is -2.07. The van der Waals surface area contributed by atoms with Crippen molar-refractivity contribution < 1.29 is 0 Å². The topological polar surface area (TPSA) is 0 Å². The van der Waals surface area contributed by atoms with E-state index in [0.717, 1.165) is 12.8 Å². The fourth-order valence-electron chi connectivity index (χ4n) is 5.17. The first-order chi connectivity index (χ1) is 16.6.